The first-order chi connectivity index (χ1) is 16.0. The third-order valence-corrected chi connectivity index (χ3v) is 6.84. The lowest BCUT2D eigenvalue weighted by molar-refractivity contribution is 0.631. The third-order valence-electron chi connectivity index (χ3n) is 6.84. The van der Waals surface area contributed by atoms with E-state index < -0.39 is 0 Å². The fourth-order valence-corrected chi connectivity index (χ4v) is 5.02. The largest absolute Gasteiger partial charge is 0.456 e. The molecule has 0 saturated heterocycles. The Kier molecular flexibility index (Phi) is 4.48. The van der Waals surface area contributed by atoms with Crippen LogP contribution in [0.5, 0.6) is 0 Å². The summed E-state index contributed by atoms with van der Waals surface area (Å²) in [4.78, 5) is 9.68. The van der Waals surface area contributed by atoms with Crippen LogP contribution in [0.2, 0.25) is 0 Å². The molecule has 33 heavy (non-hydrogen) atoms. The van der Waals surface area contributed by atoms with Gasteiger partial charge in [-0.2, -0.15) is 0 Å². The van der Waals surface area contributed by atoms with E-state index in [0.29, 0.717) is 5.92 Å². The molecular formula is C30H26N2O. The minimum atomic E-state index is 0.232. The van der Waals surface area contributed by atoms with Crippen molar-refractivity contribution in [3.63, 3.8) is 0 Å². The van der Waals surface area contributed by atoms with E-state index in [2.05, 4.69) is 94.4 Å². The van der Waals surface area contributed by atoms with Crippen LogP contribution in [0.3, 0.4) is 0 Å². The molecule has 0 N–H and O–H groups in total. The zero-order valence-corrected chi connectivity index (χ0v) is 19.4. The van der Waals surface area contributed by atoms with Crippen LogP contribution in [0.4, 0.5) is 0 Å². The number of nitrogens with zero attached hydrogens (tertiary/aromatic N) is 2. The molecule has 0 fully saturated rings. The highest BCUT2D eigenvalue weighted by molar-refractivity contribution is 5.89. The highest BCUT2D eigenvalue weighted by Crippen LogP contribution is 2.47. The van der Waals surface area contributed by atoms with E-state index in [-0.39, 0.29) is 5.92 Å². The van der Waals surface area contributed by atoms with Crippen LogP contribution in [0, 0.1) is 6.92 Å². The first-order valence-electron chi connectivity index (χ1n) is 11.6. The van der Waals surface area contributed by atoms with Crippen molar-refractivity contribution in [1.29, 1.82) is 0 Å². The van der Waals surface area contributed by atoms with E-state index in [4.69, 9.17) is 14.4 Å². The van der Waals surface area contributed by atoms with Gasteiger partial charge in [-0.25, -0.2) is 0 Å². The number of hydrogen-bond donors (Lipinski definition) is 0. The number of fused-ring (bicyclic) bond motifs is 4. The smallest absolute Gasteiger partial charge is 0.138 e. The second kappa shape index (κ2) is 7.41. The molecule has 162 valence electrons. The highest BCUT2D eigenvalue weighted by Gasteiger charge is 2.30. The maximum atomic E-state index is 6.29. The maximum Gasteiger partial charge on any atom is 0.138 e. The summed E-state index contributed by atoms with van der Waals surface area (Å²) in [5.41, 5.74) is 11.4. The topological polar surface area (TPSA) is 38.9 Å². The predicted molar refractivity (Wildman–Crippen MR) is 134 cm³/mol. The van der Waals surface area contributed by atoms with Gasteiger partial charge in [0.15, 0.2) is 0 Å². The van der Waals surface area contributed by atoms with Crippen LogP contribution in [0.15, 0.2) is 77.3 Å². The summed E-state index contributed by atoms with van der Waals surface area (Å²) < 4.78 is 6.29. The minimum absolute atomic E-state index is 0.232. The number of hydrogen-bond acceptors (Lipinski definition) is 3. The van der Waals surface area contributed by atoms with E-state index in [0.717, 1.165) is 44.9 Å². The summed E-state index contributed by atoms with van der Waals surface area (Å²) in [6, 6.07) is 23.6. The lowest BCUT2D eigenvalue weighted by Crippen LogP contribution is -1.97. The van der Waals surface area contributed by atoms with Crippen LogP contribution in [-0.4, -0.2) is 9.97 Å². The molecule has 3 aromatic heterocycles. The molecule has 1 atom stereocenters. The Morgan fingerprint density at radius 2 is 1.67 bits per heavy atom. The van der Waals surface area contributed by atoms with Gasteiger partial charge in [0.2, 0.25) is 0 Å². The van der Waals surface area contributed by atoms with E-state index in [1.54, 1.807) is 0 Å². The Bertz CT molecular complexity index is 1510. The van der Waals surface area contributed by atoms with Crippen LogP contribution >= 0.6 is 0 Å². The number of aryl methyl sites for hydroxylation is 1. The normalized spacial score (nSPS) is 14.6. The van der Waals surface area contributed by atoms with E-state index >= 15 is 0 Å². The summed E-state index contributed by atoms with van der Waals surface area (Å²) in [6.45, 7) is 8.71. The summed E-state index contributed by atoms with van der Waals surface area (Å²) >= 11 is 0. The first-order valence-corrected chi connectivity index (χ1v) is 11.6. The molecule has 1 unspecified atom stereocenters. The van der Waals surface area contributed by atoms with Crippen molar-refractivity contribution >= 4 is 11.0 Å². The van der Waals surface area contributed by atoms with Crippen molar-refractivity contribution in [3.05, 3.63) is 95.4 Å². The molecule has 0 amide bonds. The molecule has 5 aromatic rings. The number of rotatable bonds is 3. The monoisotopic (exact) mass is 430 g/mol. The molecule has 0 bridgehead atoms. The Hall–Kier alpha value is -3.72. The van der Waals surface area contributed by atoms with Gasteiger partial charge >= 0.3 is 0 Å². The second-order valence-corrected chi connectivity index (χ2v) is 9.37. The fourth-order valence-electron chi connectivity index (χ4n) is 5.02. The van der Waals surface area contributed by atoms with Crippen LogP contribution in [-0.2, 0) is 0 Å². The number of aromatic nitrogens is 2. The molecule has 1 aliphatic carbocycles. The second-order valence-electron chi connectivity index (χ2n) is 9.37. The molecule has 0 saturated carbocycles. The van der Waals surface area contributed by atoms with Gasteiger partial charge in [-0.05, 0) is 41.7 Å². The SMILES string of the molecule is Cc1ccc2c(n1)C(C)c1c(-c3cc4oc(-c5ccc(C(C)C)cc5)cc4cn3)cccc1-2. The molecule has 0 spiro atoms. The average molecular weight is 431 g/mol. The standard InChI is InChI=1S/C30H26N2O/c1-17(2)20-9-11-21(12-10-20)27-14-22-16-31-26(15-28(22)33-27)25-7-5-6-23-24-13-8-18(3)32-30(24)19(4)29(23)25/h5-17,19H,1-4H3. The van der Waals surface area contributed by atoms with Gasteiger partial charge in [0.1, 0.15) is 11.3 Å². The van der Waals surface area contributed by atoms with Crippen molar-refractivity contribution in [3.8, 4) is 33.7 Å². The van der Waals surface area contributed by atoms with Gasteiger partial charge in [0.25, 0.3) is 0 Å². The molecule has 3 heterocycles. The maximum absolute atomic E-state index is 6.29. The van der Waals surface area contributed by atoms with Crippen LogP contribution < -0.4 is 0 Å². The van der Waals surface area contributed by atoms with Gasteiger partial charge < -0.3 is 4.42 Å². The van der Waals surface area contributed by atoms with Crippen molar-refractivity contribution in [2.24, 2.45) is 0 Å². The minimum Gasteiger partial charge on any atom is -0.456 e. The number of pyridine rings is 2. The highest BCUT2D eigenvalue weighted by atomic mass is 16.3. The van der Waals surface area contributed by atoms with E-state index in [9.17, 15) is 0 Å². The van der Waals surface area contributed by atoms with Crippen molar-refractivity contribution < 1.29 is 4.42 Å². The Morgan fingerprint density at radius 3 is 2.45 bits per heavy atom. The van der Waals surface area contributed by atoms with Crippen molar-refractivity contribution in [1.82, 2.24) is 9.97 Å². The van der Waals surface area contributed by atoms with Crippen LogP contribution in [0.1, 0.15) is 55.1 Å². The molecule has 1 aliphatic rings. The Labute approximate surface area is 194 Å². The molecule has 2 aromatic carbocycles. The quantitative estimate of drug-likeness (QED) is 0.290. The lowest BCUT2D eigenvalue weighted by Gasteiger charge is -2.12. The first kappa shape index (κ1) is 19.9. The molecule has 0 aliphatic heterocycles. The summed E-state index contributed by atoms with van der Waals surface area (Å²) in [7, 11) is 0. The Balaban J connectivity index is 1.43. The van der Waals surface area contributed by atoms with Crippen molar-refractivity contribution in [2.75, 3.05) is 0 Å². The number of furan rings is 1. The summed E-state index contributed by atoms with van der Waals surface area (Å²) in [5, 5.41) is 1.02. The zero-order chi connectivity index (χ0) is 22.7. The summed E-state index contributed by atoms with van der Waals surface area (Å²) in [6.07, 6.45) is 1.93. The third kappa shape index (κ3) is 3.19. The van der Waals surface area contributed by atoms with Gasteiger partial charge in [0.05, 0.1) is 11.4 Å². The van der Waals surface area contributed by atoms with Gasteiger partial charge in [0, 0.05) is 46.0 Å². The van der Waals surface area contributed by atoms with Gasteiger partial charge in [-0.15, -0.1) is 0 Å². The molecule has 6 rings (SSSR count). The molecule has 3 heteroatoms. The fraction of sp³-hybridized carbons (Fsp3) is 0.200. The lowest BCUT2D eigenvalue weighted by atomic mass is 9.93. The predicted octanol–water partition coefficient (Wildman–Crippen LogP) is 8.12. The Morgan fingerprint density at radius 1 is 0.879 bits per heavy atom. The molecule has 3 nitrogen and oxygen atoms in total. The molecule has 0 radical (unpaired) electrons. The molecular weight excluding hydrogens is 404 g/mol. The van der Waals surface area contributed by atoms with Crippen LogP contribution in [0.25, 0.3) is 44.7 Å². The van der Waals surface area contributed by atoms with Gasteiger partial charge in [-0.3, -0.25) is 9.97 Å². The van der Waals surface area contributed by atoms with Crippen molar-refractivity contribution in [2.45, 2.75) is 39.5 Å². The number of benzene rings is 2. The summed E-state index contributed by atoms with van der Waals surface area (Å²) in [5.74, 6) is 1.62. The van der Waals surface area contributed by atoms with Gasteiger partial charge in [-0.1, -0.05) is 69.3 Å². The average Bonchev–Trinajstić information content (AvgIpc) is 3.38. The van der Waals surface area contributed by atoms with E-state index in [1.165, 1.54) is 22.3 Å². The zero-order valence-electron chi connectivity index (χ0n) is 19.4. The van der Waals surface area contributed by atoms with E-state index in [1.807, 2.05) is 6.20 Å².